The molecule has 0 heterocycles. The number of carbonyl (C=O) groups excluding carboxylic acids is 1. The Balaban J connectivity index is 2.26. The van der Waals surface area contributed by atoms with Crippen LogP contribution in [0.1, 0.15) is 43.0 Å². The third-order valence-corrected chi connectivity index (χ3v) is 3.82. The van der Waals surface area contributed by atoms with Gasteiger partial charge < -0.3 is 15.4 Å². The lowest BCUT2D eigenvalue weighted by molar-refractivity contribution is 0.0690. The minimum Gasteiger partial charge on any atom is -0.496 e. The molecule has 104 valence electrons. The summed E-state index contributed by atoms with van der Waals surface area (Å²) in [6.45, 7) is 2.76. The highest BCUT2D eigenvalue weighted by atomic mass is 16.5. The maximum absolute atomic E-state index is 12.7. The molecule has 1 aromatic rings. The Hall–Kier alpha value is -1.71. The Morgan fingerprint density at radius 1 is 1.42 bits per heavy atom. The number of rotatable bonds is 4. The van der Waals surface area contributed by atoms with Gasteiger partial charge >= 0.3 is 0 Å². The van der Waals surface area contributed by atoms with E-state index in [0.717, 1.165) is 19.4 Å². The fraction of sp³-hybridized carbons (Fsp3) is 0.533. The van der Waals surface area contributed by atoms with E-state index in [2.05, 4.69) is 0 Å². The molecule has 0 spiro atoms. The van der Waals surface area contributed by atoms with Crippen molar-refractivity contribution in [3.8, 4) is 5.75 Å². The topological polar surface area (TPSA) is 55.6 Å². The number of anilines is 1. The lowest BCUT2D eigenvalue weighted by Gasteiger charge is -2.28. The largest absolute Gasteiger partial charge is 0.496 e. The average Bonchev–Trinajstić information content (AvgIpc) is 2.93. The molecule has 1 aliphatic rings. The van der Waals surface area contributed by atoms with Crippen molar-refractivity contribution in [1.82, 2.24) is 4.90 Å². The molecule has 0 unspecified atom stereocenters. The van der Waals surface area contributed by atoms with Crippen LogP contribution < -0.4 is 10.5 Å². The van der Waals surface area contributed by atoms with Gasteiger partial charge in [-0.25, -0.2) is 0 Å². The van der Waals surface area contributed by atoms with Gasteiger partial charge in [0.15, 0.2) is 0 Å². The molecule has 4 nitrogen and oxygen atoms in total. The number of nitrogens with zero attached hydrogens (tertiary/aromatic N) is 1. The summed E-state index contributed by atoms with van der Waals surface area (Å²) in [5.41, 5.74) is 6.94. The predicted octanol–water partition coefficient (Wildman–Crippen LogP) is 2.68. The predicted molar refractivity (Wildman–Crippen MR) is 76.4 cm³/mol. The third-order valence-electron chi connectivity index (χ3n) is 3.82. The van der Waals surface area contributed by atoms with E-state index in [1.807, 2.05) is 11.8 Å². The molecule has 0 aliphatic heterocycles. The van der Waals surface area contributed by atoms with Crippen LogP contribution in [0.3, 0.4) is 0 Å². The molecule has 1 fully saturated rings. The second-order valence-corrected chi connectivity index (χ2v) is 4.99. The first-order chi connectivity index (χ1) is 9.17. The zero-order chi connectivity index (χ0) is 13.8. The van der Waals surface area contributed by atoms with E-state index < -0.39 is 0 Å². The van der Waals surface area contributed by atoms with Gasteiger partial charge in [-0.15, -0.1) is 0 Å². The summed E-state index contributed by atoms with van der Waals surface area (Å²) in [5, 5.41) is 0. The highest BCUT2D eigenvalue weighted by Crippen LogP contribution is 2.28. The lowest BCUT2D eigenvalue weighted by Crippen LogP contribution is -2.38. The fourth-order valence-corrected chi connectivity index (χ4v) is 2.82. The first kappa shape index (κ1) is 13.7. The molecule has 19 heavy (non-hydrogen) atoms. The second kappa shape index (κ2) is 5.95. The average molecular weight is 262 g/mol. The minimum atomic E-state index is 0.0475. The van der Waals surface area contributed by atoms with Crippen LogP contribution in [0.4, 0.5) is 5.69 Å². The third kappa shape index (κ3) is 2.83. The van der Waals surface area contributed by atoms with Gasteiger partial charge in [0.2, 0.25) is 0 Å². The summed E-state index contributed by atoms with van der Waals surface area (Å²) < 4.78 is 5.28. The number of hydrogen-bond donors (Lipinski definition) is 1. The maximum atomic E-state index is 12.7. The number of benzene rings is 1. The van der Waals surface area contributed by atoms with E-state index in [1.54, 1.807) is 25.3 Å². The molecule has 0 aromatic heterocycles. The number of methoxy groups -OCH3 is 1. The van der Waals surface area contributed by atoms with E-state index in [4.69, 9.17) is 10.5 Å². The van der Waals surface area contributed by atoms with Gasteiger partial charge in [-0.2, -0.15) is 0 Å². The van der Waals surface area contributed by atoms with Crippen molar-refractivity contribution in [3.05, 3.63) is 23.8 Å². The molecule has 1 aromatic carbocycles. The highest BCUT2D eigenvalue weighted by molar-refractivity contribution is 5.97. The van der Waals surface area contributed by atoms with Crippen molar-refractivity contribution in [2.24, 2.45) is 0 Å². The van der Waals surface area contributed by atoms with Crippen LogP contribution in [0.5, 0.6) is 5.75 Å². The molecular formula is C15H22N2O2. The summed E-state index contributed by atoms with van der Waals surface area (Å²) in [6.07, 6.45) is 4.65. The van der Waals surface area contributed by atoms with Crippen LogP contribution in [0.2, 0.25) is 0 Å². The first-order valence-corrected chi connectivity index (χ1v) is 6.91. The number of nitrogens with two attached hydrogens (primary N) is 1. The standard InChI is InChI=1S/C15H22N2O2/c1-3-17(12-6-4-5-7-12)15(18)13-9-8-11(16)10-14(13)19-2/h8-10,12H,3-7,16H2,1-2H3. The van der Waals surface area contributed by atoms with Crippen molar-refractivity contribution in [2.45, 2.75) is 38.6 Å². The summed E-state index contributed by atoms with van der Waals surface area (Å²) >= 11 is 0. The first-order valence-electron chi connectivity index (χ1n) is 6.91. The van der Waals surface area contributed by atoms with Gasteiger partial charge in [-0.05, 0) is 31.9 Å². The van der Waals surface area contributed by atoms with Gasteiger partial charge in [-0.1, -0.05) is 12.8 Å². The van der Waals surface area contributed by atoms with Gasteiger partial charge in [0.05, 0.1) is 12.7 Å². The fourth-order valence-electron chi connectivity index (χ4n) is 2.82. The molecule has 0 bridgehead atoms. The van der Waals surface area contributed by atoms with Crippen LogP contribution in [0.15, 0.2) is 18.2 Å². The highest BCUT2D eigenvalue weighted by Gasteiger charge is 2.27. The van der Waals surface area contributed by atoms with Crippen LogP contribution >= 0.6 is 0 Å². The van der Waals surface area contributed by atoms with Crippen molar-refractivity contribution in [3.63, 3.8) is 0 Å². The van der Waals surface area contributed by atoms with Gasteiger partial charge in [0.1, 0.15) is 5.75 Å². The van der Waals surface area contributed by atoms with Crippen molar-refractivity contribution < 1.29 is 9.53 Å². The Morgan fingerprint density at radius 3 is 2.68 bits per heavy atom. The molecule has 1 amide bonds. The molecule has 1 saturated carbocycles. The second-order valence-electron chi connectivity index (χ2n) is 4.99. The summed E-state index contributed by atoms with van der Waals surface area (Å²) in [5.74, 6) is 0.604. The van der Waals surface area contributed by atoms with E-state index in [-0.39, 0.29) is 5.91 Å². The van der Waals surface area contributed by atoms with Crippen LogP contribution in [0, 0.1) is 0 Å². The van der Waals surface area contributed by atoms with Crippen LogP contribution in [-0.2, 0) is 0 Å². The Kier molecular flexibility index (Phi) is 4.30. The maximum Gasteiger partial charge on any atom is 0.257 e. The number of hydrogen-bond acceptors (Lipinski definition) is 3. The SMILES string of the molecule is CCN(C(=O)c1ccc(N)cc1OC)C1CCCC1. The van der Waals surface area contributed by atoms with Crippen LogP contribution in [0.25, 0.3) is 0 Å². The summed E-state index contributed by atoms with van der Waals surface area (Å²) in [4.78, 5) is 14.6. The molecule has 0 atom stereocenters. The quantitative estimate of drug-likeness (QED) is 0.849. The summed E-state index contributed by atoms with van der Waals surface area (Å²) in [7, 11) is 1.57. The molecule has 4 heteroatoms. The molecule has 2 rings (SSSR count). The van der Waals surface area contributed by atoms with Crippen molar-refractivity contribution in [2.75, 3.05) is 19.4 Å². The number of ether oxygens (including phenoxy) is 1. The van der Waals surface area contributed by atoms with E-state index >= 15 is 0 Å². The van der Waals surface area contributed by atoms with E-state index in [1.165, 1.54) is 12.8 Å². The monoisotopic (exact) mass is 262 g/mol. The molecule has 0 saturated heterocycles. The Labute approximate surface area is 114 Å². The molecule has 1 aliphatic carbocycles. The van der Waals surface area contributed by atoms with Gasteiger partial charge in [-0.3, -0.25) is 4.79 Å². The van der Waals surface area contributed by atoms with Crippen molar-refractivity contribution >= 4 is 11.6 Å². The summed E-state index contributed by atoms with van der Waals surface area (Å²) in [6, 6.07) is 5.59. The van der Waals surface area contributed by atoms with Gasteiger partial charge in [0, 0.05) is 24.3 Å². The van der Waals surface area contributed by atoms with Crippen molar-refractivity contribution in [1.29, 1.82) is 0 Å². The number of nitrogen functional groups attached to an aromatic ring is 1. The molecule has 2 N–H and O–H groups in total. The van der Waals surface area contributed by atoms with Crippen LogP contribution in [-0.4, -0.2) is 30.5 Å². The normalized spacial score (nSPS) is 15.5. The molecule has 0 radical (unpaired) electrons. The minimum absolute atomic E-state index is 0.0475. The van der Waals surface area contributed by atoms with Gasteiger partial charge in [0.25, 0.3) is 5.91 Å². The van der Waals surface area contributed by atoms with E-state index in [0.29, 0.717) is 23.0 Å². The molecular weight excluding hydrogens is 240 g/mol. The number of carbonyl (C=O) groups is 1. The zero-order valence-corrected chi connectivity index (χ0v) is 11.7. The lowest BCUT2D eigenvalue weighted by atomic mass is 10.1. The Bertz CT molecular complexity index is 453. The number of amides is 1. The smallest absolute Gasteiger partial charge is 0.257 e. The van der Waals surface area contributed by atoms with E-state index in [9.17, 15) is 4.79 Å². The Morgan fingerprint density at radius 2 is 2.11 bits per heavy atom. The zero-order valence-electron chi connectivity index (χ0n) is 11.7.